The van der Waals surface area contributed by atoms with Crippen LogP contribution in [-0.2, 0) is 4.79 Å². The molecule has 0 radical (unpaired) electrons. The van der Waals surface area contributed by atoms with Crippen molar-refractivity contribution in [3.63, 3.8) is 0 Å². The normalized spacial score (nSPS) is 17.0. The zero-order valence-corrected chi connectivity index (χ0v) is 20.2. The molecule has 2 N–H and O–H groups in total. The first-order valence-electron chi connectivity index (χ1n) is 12.0. The van der Waals surface area contributed by atoms with E-state index in [1.54, 1.807) is 13.1 Å². The van der Waals surface area contributed by atoms with E-state index in [0.717, 1.165) is 66.2 Å². The third-order valence-electron chi connectivity index (χ3n) is 7.30. The van der Waals surface area contributed by atoms with Crippen molar-refractivity contribution in [3.05, 3.63) is 42.9 Å². The Morgan fingerprint density at radius 3 is 2.71 bits per heavy atom. The predicted octanol–water partition coefficient (Wildman–Crippen LogP) is 3.02. The number of rotatable bonds is 4. The molecule has 180 valence electrons. The molecular formula is C25H29N9O. The molecule has 1 amide bonds. The first-order chi connectivity index (χ1) is 16.9. The number of fused-ring (bicyclic) bond motifs is 1. The van der Waals surface area contributed by atoms with E-state index in [1.807, 2.05) is 14.1 Å². The maximum absolute atomic E-state index is 12.0. The van der Waals surface area contributed by atoms with Crippen LogP contribution in [0.15, 0.2) is 42.9 Å². The number of piperazine rings is 1. The lowest BCUT2D eigenvalue weighted by atomic mass is 10.1. The highest BCUT2D eigenvalue weighted by Crippen LogP contribution is 2.47. The molecule has 1 aliphatic carbocycles. The van der Waals surface area contributed by atoms with Gasteiger partial charge in [0.05, 0.1) is 23.1 Å². The van der Waals surface area contributed by atoms with Crippen molar-refractivity contribution >= 4 is 22.9 Å². The van der Waals surface area contributed by atoms with Crippen LogP contribution < -0.4 is 10.6 Å². The van der Waals surface area contributed by atoms with E-state index in [-0.39, 0.29) is 17.5 Å². The van der Waals surface area contributed by atoms with Gasteiger partial charge < -0.3 is 15.5 Å². The summed E-state index contributed by atoms with van der Waals surface area (Å²) in [7, 11) is 0. The Labute approximate surface area is 203 Å². The summed E-state index contributed by atoms with van der Waals surface area (Å²) in [5, 5.41) is 13.0. The molecule has 10 heteroatoms. The molecule has 1 aromatic carbocycles. The molecule has 0 unspecified atom stereocenters. The number of benzene rings is 1. The van der Waals surface area contributed by atoms with Crippen molar-refractivity contribution in [2.45, 2.75) is 45.2 Å². The van der Waals surface area contributed by atoms with Crippen molar-refractivity contribution in [1.82, 2.24) is 34.5 Å². The second-order valence-electron chi connectivity index (χ2n) is 9.87. The van der Waals surface area contributed by atoms with Crippen molar-refractivity contribution in [3.8, 4) is 22.5 Å². The van der Waals surface area contributed by atoms with E-state index in [0.29, 0.717) is 5.82 Å². The van der Waals surface area contributed by atoms with Gasteiger partial charge in [-0.3, -0.25) is 4.79 Å². The van der Waals surface area contributed by atoms with E-state index in [9.17, 15) is 4.79 Å². The summed E-state index contributed by atoms with van der Waals surface area (Å²) in [6.45, 7) is 8.17. The third-order valence-corrected chi connectivity index (χ3v) is 7.30. The van der Waals surface area contributed by atoms with Gasteiger partial charge in [-0.25, -0.2) is 14.2 Å². The molecule has 1 saturated carbocycles. The molecule has 10 nitrogen and oxygen atoms in total. The molecule has 1 aliphatic heterocycles. The molecule has 2 fully saturated rings. The predicted molar refractivity (Wildman–Crippen MR) is 134 cm³/mol. The molecular weight excluding hydrogens is 442 g/mol. The fourth-order valence-electron chi connectivity index (χ4n) is 5.34. The van der Waals surface area contributed by atoms with Gasteiger partial charge in [-0.15, -0.1) is 5.10 Å². The first-order valence-corrected chi connectivity index (χ1v) is 12.0. The highest BCUT2D eigenvalue weighted by atomic mass is 16.2. The molecule has 2 aliphatic rings. The van der Waals surface area contributed by atoms with Crippen LogP contribution in [0, 0.1) is 0 Å². The Hall–Kier alpha value is -3.95. The summed E-state index contributed by atoms with van der Waals surface area (Å²) >= 11 is 0. The standard InChI is InChI=1S/C25H29N9O/c1-16(2)33-22(13-28-30-33)20-12-21(34-23(20)24(26)27-15-29-34)18-5-4-6-19(11-18)32-10-9-31(17(3)35)14-25(32)7-8-25/h4-6,11-13,15-16H,7-10,14H2,1-3H3,(H2,26,27,29). The largest absolute Gasteiger partial charge is 0.382 e. The van der Waals surface area contributed by atoms with Gasteiger partial charge in [0, 0.05) is 49.4 Å². The van der Waals surface area contributed by atoms with Crippen molar-refractivity contribution < 1.29 is 4.79 Å². The van der Waals surface area contributed by atoms with Crippen molar-refractivity contribution in [1.29, 1.82) is 0 Å². The topological polar surface area (TPSA) is 110 Å². The van der Waals surface area contributed by atoms with Crippen LogP contribution in [0.4, 0.5) is 11.5 Å². The minimum atomic E-state index is 0.0525. The van der Waals surface area contributed by atoms with Gasteiger partial charge in [-0.05, 0) is 44.9 Å². The number of nitrogen functional groups attached to an aromatic ring is 1. The molecule has 4 aromatic rings. The smallest absolute Gasteiger partial charge is 0.219 e. The third kappa shape index (κ3) is 3.43. The van der Waals surface area contributed by atoms with Crippen LogP contribution in [0.2, 0.25) is 0 Å². The Balaban J connectivity index is 1.45. The van der Waals surface area contributed by atoms with E-state index in [2.05, 4.69) is 69.5 Å². The number of nitrogens with zero attached hydrogens (tertiary/aromatic N) is 8. The lowest BCUT2D eigenvalue weighted by molar-refractivity contribution is -0.129. The number of hydrogen-bond donors (Lipinski definition) is 1. The summed E-state index contributed by atoms with van der Waals surface area (Å²) < 4.78 is 3.74. The number of carbonyl (C=O) groups is 1. The molecule has 0 bridgehead atoms. The number of hydrogen-bond acceptors (Lipinski definition) is 7. The molecule has 35 heavy (non-hydrogen) atoms. The maximum Gasteiger partial charge on any atom is 0.219 e. The fourth-order valence-corrected chi connectivity index (χ4v) is 5.34. The second kappa shape index (κ2) is 7.79. The van der Waals surface area contributed by atoms with Gasteiger partial charge in [-0.1, -0.05) is 17.3 Å². The van der Waals surface area contributed by atoms with E-state index in [4.69, 9.17) is 5.73 Å². The van der Waals surface area contributed by atoms with Gasteiger partial charge >= 0.3 is 0 Å². The lowest BCUT2D eigenvalue weighted by Gasteiger charge is -2.43. The zero-order chi connectivity index (χ0) is 24.3. The SMILES string of the molecule is CC(=O)N1CCN(c2cccc(-c3cc(-c4cnnn4C(C)C)c4c(N)ncnn34)c2)C2(CC2)C1. The number of anilines is 2. The number of amides is 1. The minimum Gasteiger partial charge on any atom is -0.382 e. The van der Waals surface area contributed by atoms with Gasteiger partial charge in [0.15, 0.2) is 5.82 Å². The average Bonchev–Trinajstić information content (AvgIpc) is 3.27. The molecule has 3 aromatic heterocycles. The Bertz CT molecular complexity index is 1430. The van der Waals surface area contributed by atoms with E-state index >= 15 is 0 Å². The molecule has 4 heterocycles. The number of nitrogens with two attached hydrogens (primary N) is 1. The summed E-state index contributed by atoms with van der Waals surface area (Å²) in [4.78, 5) is 20.7. The van der Waals surface area contributed by atoms with Crippen LogP contribution >= 0.6 is 0 Å². The van der Waals surface area contributed by atoms with Gasteiger partial charge in [0.1, 0.15) is 11.8 Å². The Kier molecular flexibility index (Phi) is 4.80. The molecule has 0 atom stereocenters. The molecule has 6 rings (SSSR count). The molecule has 1 spiro atoms. The van der Waals surface area contributed by atoms with E-state index < -0.39 is 0 Å². The second-order valence-corrected chi connectivity index (χ2v) is 9.87. The van der Waals surface area contributed by atoms with Crippen molar-refractivity contribution in [2.24, 2.45) is 0 Å². The maximum atomic E-state index is 12.0. The summed E-state index contributed by atoms with van der Waals surface area (Å²) in [6.07, 6.45) is 5.45. The fraction of sp³-hybridized carbons (Fsp3) is 0.400. The monoisotopic (exact) mass is 471 g/mol. The average molecular weight is 472 g/mol. The Morgan fingerprint density at radius 1 is 1.14 bits per heavy atom. The van der Waals surface area contributed by atoms with Gasteiger partial charge in [-0.2, -0.15) is 5.10 Å². The number of aromatic nitrogens is 6. The highest BCUT2D eigenvalue weighted by molar-refractivity contribution is 5.91. The van der Waals surface area contributed by atoms with E-state index in [1.165, 1.54) is 6.33 Å². The van der Waals surface area contributed by atoms with Crippen molar-refractivity contribution in [2.75, 3.05) is 30.3 Å². The number of carbonyl (C=O) groups excluding carboxylic acids is 1. The van der Waals surface area contributed by atoms with Crippen LogP contribution in [0.5, 0.6) is 0 Å². The summed E-state index contributed by atoms with van der Waals surface area (Å²) in [5.74, 6) is 0.565. The highest BCUT2D eigenvalue weighted by Gasteiger charge is 2.51. The first kappa shape index (κ1) is 21.6. The van der Waals surface area contributed by atoms with Gasteiger partial charge in [0.2, 0.25) is 5.91 Å². The van der Waals surface area contributed by atoms with Crippen LogP contribution in [-0.4, -0.2) is 65.6 Å². The van der Waals surface area contributed by atoms with Crippen LogP contribution in [0.1, 0.15) is 39.7 Å². The Morgan fingerprint density at radius 2 is 1.97 bits per heavy atom. The quantitative estimate of drug-likeness (QED) is 0.487. The van der Waals surface area contributed by atoms with Crippen LogP contribution in [0.3, 0.4) is 0 Å². The van der Waals surface area contributed by atoms with Crippen LogP contribution in [0.25, 0.3) is 28.0 Å². The zero-order valence-electron chi connectivity index (χ0n) is 20.2. The molecule has 1 saturated heterocycles. The van der Waals surface area contributed by atoms with Gasteiger partial charge in [0.25, 0.3) is 0 Å². The minimum absolute atomic E-state index is 0.0525. The lowest BCUT2D eigenvalue weighted by Crippen LogP contribution is -2.56. The summed E-state index contributed by atoms with van der Waals surface area (Å²) in [6, 6.07) is 10.8. The summed E-state index contributed by atoms with van der Waals surface area (Å²) in [5.41, 5.74) is 12.0.